The van der Waals surface area contributed by atoms with Gasteiger partial charge in [0.25, 0.3) is 5.91 Å². The largest absolute Gasteiger partial charge is 0.573 e. The Balaban J connectivity index is 1.32. The number of carbonyl (C=O) groups excluding carboxylic acids is 2. The Bertz CT molecular complexity index is 1530. The third-order valence-corrected chi connectivity index (χ3v) is 6.87. The molecule has 1 aromatic heterocycles. The fourth-order valence-electron chi connectivity index (χ4n) is 4.55. The molecule has 4 aromatic rings. The summed E-state index contributed by atoms with van der Waals surface area (Å²) in [5, 5.41) is 20.7. The van der Waals surface area contributed by atoms with E-state index in [0.717, 1.165) is 42.7 Å². The molecule has 41 heavy (non-hydrogen) atoms. The fourth-order valence-corrected chi connectivity index (χ4v) is 4.55. The number of hydrogen-bond acceptors (Lipinski definition) is 5. The molecule has 1 fully saturated rings. The number of carbonyl (C=O) groups is 2. The SMILES string of the molecule is O=C(Nc1ccc(O)c(-c2cc(C3CCC3)n(C(=O)NCCc3ccccc3)n2)c1)c1ccc(OC(F)(F)F)cc1. The van der Waals surface area contributed by atoms with Crippen molar-refractivity contribution in [2.45, 2.75) is 38.0 Å². The Kier molecular flexibility index (Phi) is 7.95. The van der Waals surface area contributed by atoms with Gasteiger partial charge in [-0.15, -0.1) is 13.2 Å². The third kappa shape index (κ3) is 6.86. The van der Waals surface area contributed by atoms with E-state index >= 15 is 0 Å². The van der Waals surface area contributed by atoms with Gasteiger partial charge in [-0.05, 0) is 73.4 Å². The molecule has 212 valence electrons. The van der Waals surface area contributed by atoms with Gasteiger partial charge < -0.3 is 20.5 Å². The first-order valence-electron chi connectivity index (χ1n) is 13.1. The maximum absolute atomic E-state index is 13.1. The summed E-state index contributed by atoms with van der Waals surface area (Å²) in [7, 11) is 0. The summed E-state index contributed by atoms with van der Waals surface area (Å²) in [5.41, 5.74) is 2.96. The van der Waals surface area contributed by atoms with Crippen molar-refractivity contribution in [1.82, 2.24) is 15.1 Å². The number of aromatic nitrogens is 2. The van der Waals surface area contributed by atoms with E-state index in [-0.39, 0.29) is 23.3 Å². The summed E-state index contributed by atoms with van der Waals surface area (Å²) in [6.45, 7) is 0.429. The van der Waals surface area contributed by atoms with Crippen molar-refractivity contribution in [3.8, 4) is 22.8 Å². The monoisotopic (exact) mass is 564 g/mol. The lowest BCUT2D eigenvalue weighted by molar-refractivity contribution is -0.274. The molecular formula is C30H27F3N4O4. The van der Waals surface area contributed by atoms with Crippen LogP contribution in [0, 0.1) is 0 Å². The number of phenols is 1. The number of aromatic hydroxyl groups is 1. The lowest BCUT2D eigenvalue weighted by Crippen LogP contribution is -2.33. The Morgan fingerprint density at radius 2 is 1.73 bits per heavy atom. The van der Waals surface area contributed by atoms with Crippen molar-refractivity contribution in [3.05, 3.63) is 95.7 Å². The Morgan fingerprint density at radius 1 is 1.00 bits per heavy atom. The van der Waals surface area contributed by atoms with Gasteiger partial charge in [0.1, 0.15) is 11.5 Å². The molecular weight excluding hydrogens is 537 g/mol. The van der Waals surface area contributed by atoms with Crippen molar-refractivity contribution >= 4 is 17.6 Å². The number of anilines is 1. The van der Waals surface area contributed by atoms with Gasteiger partial charge in [-0.3, -0.25) is 4.79 Å². The highest BCUT2D eigenvalue weighted by Gasteiger charge is 2.31. The third-order valence-electron chi connectivity index (χ3n) is 6.87. The zero-order chi connectivity index (χ0) is 29.0. The molecule has 0 unspecified atom stereocenters. The van der Waals surface area contributed by atoms with Crippen LogP contribution in [0.3, 0.4) is 0 Å². The van der Waals surface area contributed by atoms with Crippen LogP contribution in [0.2, 0.25) is 0 Å². The van der Waals surface area contributed by atoms with E-state index in [2.05, 4.69) is 20.5 Å². The van der Waals surface area contributed by atoms with Gasteiger partial charge in [0.2, 0.25) is 0 Å². The Labute approximate surface area is 233 Å². The van der Waals surface area contributed by atoms with Crippen LogP contribution in [-0.4, -0.2) is 39.7 Å². The topological polar surface area (TPSA) is 105 Å². The molecule has 0 spiro atoms. The van der Waals surface area contributed by atoms with E-state index in [9.17, 15) is 27.9 Å². The number of ether oxygens (including phenoxy) is 1. The van der Waals surface area contributed by atoms with Gasteiger partial charge >= 0.3 is 12.4 Å². The minimum atomic E-state index is -4.83. The van der Waals surface area contributed by atoms with Crippen molar-refractivity contribution in [2.75, 3.05) is 11.9 Å². The van der Waals surface area contributed by atoms with Crippen LogP contribution in [0.1, 0.15) is 46.8 Å². The van der Waals surface area contributed by atoms with Crippen molar-refractivity contribution in [3.63, 3.8) is 0 Å². The molecule has 1 aliphatic rings. The van der Waals surface area contributed by atoms with E-state index in [4.69, 9.17) is 0 Å². The van der Waals surface area contributed by atoms with Gasteiger partial charge in [0.15, 0.2) is 0 Å². The fraction of sp³-hybridized carbons (Fsp3) is 0.233. The minimum absolute atomic E-state index is 0.0917. The van der Waals surface area contributed by atoms with E-state index in [1.165, 1.54) is 35.0 Å². The van der Waals surface area contributed by atoms with Crippen LogP contribution in [-0.2, 0) is 6.42 Å². The molecule has 0 bridgehead atoms. The highest BCUT2D eigenvalue weighted by molar-refractivity contribution is 6.04. The second-order valence-electron chi connectivity index (χ2n) is 9.72. The zero-order valence-electron chi connectivity index (χ0n) is 21.8. The van der Waals surface area contributed by atoms with Crippen molar-refractivity contribution in [2.24, 2.45) is 0 Å². The summed E-state index contributed by atoms with van der Waals surface area (Å²) in [6, 6.07) is 20.1. The number of halogens is 3. The maximum Gasteiger partial charge on any atom is 0.573 e. The maximum atomic E-state index is 13.1. The van der Waals surface area contributed by atoms with Gasteiger partial charge in [-0.2, -0.15) is 9.78 Å². The quantitative estimate of drug-likeness (QED) is 0.213. The zero-order valence-corrected chi connectivity index (χ0v) is 21.8. The summed E-state index contributed by atoms with van der Waals surface area (Å²) in [4.78, 5) is 25.8. The van der Waals surface area contributed by atoms with Gasteiger partial charge in [0.05, 0.1) is 11.4 Å². The van der Waals surface area contributed by atoms with E-state index < -0.39 is 18.0 Å². The first kappa shape index (κ1) is 27.8. The second-order valence-corrected chi connectivity index (χ2v) is 9.72. The van der Waals surface area contributed by atoms with Crippen molar-refractivity contribution < 1.29 is 32.6 Å². The van der Waals surface area contributed by atoms with Crippen LogP contribution in [0.15, 0.2) is 78.9 Å². The standard InChI is InChI=1S/C30H27F3N4O4/c31-30(32,33)41-23-12-9-21(10-13-23)28(39)35-22-11-14-27(38)24(17-22)25-18-26(20-7-4-8-20)37(36-25)29(40)34-16-15-19-5-2-1-3-6-19/h1-3,5-6,9-14,17-18,20,38H,4,7-8,15-16H2,(H,34,40)(H,35,39). The average Bonchev–Trinajstić information content (AvgIpc) is 3.33. The van der Waals surface area contributed by atoms with Gasteiger partial charge in [-0.1, -0.05) is 36.8 Å². The molecule has 0 atom stereocenters. The molecule has 3 aromatic carbocycles. The van der Waals surface area contributed by atoms with Crippen LogP contribution >= 0.6 is 0 Å². The van der Waals surface area contributed by atoms with E-state index in [1.807, 2.05) is 30.3 Å². The molecule has 0 aliphatic heterocycles. The molecule has 1 heterocycles. The first-order valence-corrected chi connectivity index (χ1v) is 13.1. The predicted molar refractivity (Wildman–Crippen MR) is 146 cm³/mol. The smallest absolute Gasteiger partial charge is 0.507 e. The van der Waals surface area contributed by atoms with Crippen LogP contribution in [0.25, 0.3) is 11.3 Å². The molecule has 0 radical (unpaired) electrons. The summed E-state index contributed by atoms with van der Waals surface area (Å²) in [6.07, 6.45) is -1.26. The average molecular weight is 565 g/mol. The molecule has 0 saturated heterocycles. The predicted octanol–water partition coefficient (Wildman–Crippen LogP) is 6.47. The summed E-state index contributed by atoms with van der Waals surface area (Å²) < 4.78 is 42.4. The molecule has 1 saturated carbocycles. The van der Waals surface area contributed by atoms with E-state index in [1.54, 1.807) is 6.07 Å². The Morgan fingerprint density at radius 3 is 2.39 bits per heavy atom. The van der Waals surface area contributed by atoms with Crippen LogP contribution in [0.4, 0.5) is 23.7 Å². The molecule has 5 rings (SSSR count). The van der Waals surface area contributed by atoms with Gasteiger partial charge in [-0.25, -0.2) is 4.79 Å². The first-order chi connectivity index (χ1) is 19.7. The summed E-state index contributed by atoms with van der Waals surface area (Å²) in [5.74, 6) is -0.932. The number of benzene rings is 3. The number of phenolic OH excluding ortho intramolecular Hbond substituents is 1. The normalized spacial score (nSPS) is 13.3. The second kappa shape index (κ2) is 11.7. The molecule has 8 nitrogen and oxygen atoms in total. The highest BCUT2D eigenvalue weighted by atomic mass is 19.4. The number of alkyl halides is 3. The Hall–Kier alpha value is -4.80. The lowest BCUT2D eigenvalue weighted by atomic mass is 9.82. The molecule has 1 aliphatic carbocycles. The minimum Gasteiger partial charge on any atom is -0.507 e. The number of hydrogen-bond donors (Lipinski definition) is 3. The van der Waals surface area contributed by atoms with Gasteiger partial charge in [0, 0.05) is 29.3 Å². The summed E-state index contributed by atoms with van der Waals surface area (Å²) >= 11 is 0. The number of nitrogens with zero attached hydrogens (tertiary/aromatic N) is 2. The van der Waals surface area contributed by atoms with Crippen LogP contribution < -0.4 is 15.4 Å². The number of amides is 2. The number of rotatable bonds is 8. The van der Waals surface area contributed by atoms with E-state index in [0.29, 0.717) is 29.9 Å². The van der Waals surface area contributed by atoms with Crippen LogP contribution in [0.5, 0.6) is 11.5 Å². The van der Waals surface area contributed by atoms with Crippen molar-refractivity contribution in [1.29, 1.82) is 0 Å². The number of nitrogens with one attached hydrogen (secondary N) is 2. The molecule has 2 amide bonds. The lowest BCUT2D eigenvalue weighted by Gasteiger charge is -2.25. The molecule has 11 heteroatoms. The molecule has 3 N–H and O–H groups in total. The highest BCUT2D eigenvalue weighted by Crippen LogP contribution is 2.39.